The first-order valence-electron chi connectivity index (χ1n) is 9.73. The first kappa shape index (κ1) is 27.2. The van der Waals surface area contributed by atoms with Gasteiger partial charge in [-0.2, -0.15) is 0 Å². The molecule has 1 aliphatic heterocycles. The van der Waals surface area contributed by atoms with E-state index in [0.717, 1.165) is 26.1 Å². The number of nitrogens with zero attached hydrogens (tertiary/aromatic N) is 1. The Hall–Kier alpha value is -0.850. The van der Waals surface area contributed by atoms with Crippen molar-refractivity contribution in [3.8, 4) is 11.5 Å². The van der Waals surface area contributed by atoms with Gasteiger partial charge in [0.1, 0.15) is 28.2 Å². The van der Waals surface area contributed by atoms with Gasteiger partial charge >= 0.3 is 0 Å². The number of rotatable bonds is 6. The Morgan fingerprint density at radius 1 is 1.13 bits per heavy atom. The van der Waals surface area contributed by atoms with E-state index in [-0.39, 0.29) is 29.0 Å². The largest absolute Gasteiger partial charge is 0.507 e. The molecule has 1 atom stereocenters. The van der Waals surface area contributed by atoms with Crippen molar-refractivity contribution in [3.63, 3.8) is 0 Å². The molecule has 1 aromatic heterocycles. The molecule has 0 spiro atoms. The summed E-state index contributed by atoms with van der Waals surface area (Å²) in [7, 11) is 0. The predicted molar refractivity (Wildman–Crippen MR) is 128 cm³/mol. The molecule has 30 heavy (non-hydrogen) atoms. The van der Waals surface area contributed by atoms with Gasteiger partial charge in [-0.25, -0.2) is 0 Å². The highest BCUT2D eigenvalue weighted by molar-refractivity contribution is 6.18. The summed E-state index contributed by atoms with van der Waals surface area (Å²) < 4.78 is 11.2. The molecule has 9 heteroatoms. The van der Waals surface area contributed by atoms with Crippen LogP contribution in [0.5, 0.6) is 11.5 Å². The molecule has 0 saturated heterocycles. The summed E-state index contributed by atoms with van der Waals surface area (Å²) >= 11 is 16.6. The fraction of sp³-hybridized carbons (Fsp3) is 0.571. The number of aryl methyl sites for hydroxylation is 1. The van der Waals surface area contributed by atoms with Crippen molar-refractivity contribution in [1.82, 2.24) is 4.90 Å². The Morgan fingerprint density at radius 2 is 1.73 bits per heavy atom. The first-order valence-corrected chi connectivity index (χ1v) is 11.3. The standard InChI is InChI=1S/C15H16O4.C6H12Cl3N.ClH/c1-8-3-4-10-12(18-7-8)6-13-14(15(10)17)11(16)5-9(2)19-13;7-1-4-10(5-2-8)6-3-9;/h5-6,8,17H,3-4,7H2,1-2H3;1-6H2;1H. The van der Waals surface area contributed by atoms with Crippen LogP contribution in [0.1, 0.15) is 24.7 Å². The average Bonchev–Trinajstić information content (AvgIpc) is 2.84. The molecule has 0 radical (unpaired) electrons. The number of hydrogen-bond acceptors (Lipinski definition) is 5. The highest BCUT2D eigenvalue weighted by atomic mass is 35.5. The van der Waals surface area contributed by atoms with E-state index in [0.29, 0.717) is 59.2 Å². The van der Waals surface area contributed by atoms with Gasteiger partial charge in [0.05, 0.1) is 6.61 Å². The van der Waals surface area contributed by atoms with E-state index in [1.807, 2.05) is 0 Å². The second kappa shape index (κ2) is 13.5. The van der Waals surface area contributed by atoms with Gasteiger partial charge in [0.25, 0.3) is 0 Å². The second-order valence-corrected chi connectivity index (χ2v) is 8.29. The molecule has 5 nitrogen and oxygen atoms in total. The molecule has 0 amide bonds. The maximum absolute atomic E-state index is 12.0. The number of fused-ring (bicyclic) bond motifs is 2. The minimum atomic E-state index is -0.212. The summed E-state index contributed by atoms with van der Waals surface area (Å²) in [5.74, 6) is 3.53. The quantitative estimate of drug-likeness (QED) is 0.552. The number of halogens is 4. The van der Waals surface area contributed by atoms with Gasteiger partial charge in [0.15, 0.2) is 5.43 Å². The van der Waals surface area contributed by atoms with E-state index < -0.39 is 0 Å². The molecule has 170 valence electrons. The van der Waals surface area contributed by atoms with Gasteiger partial charge in [0.2, 0.25) is 0 Å². The molecule has 0 saturated carbocycles. The molecule has 2 aromatic rings. The Balaban J connectivity index is 0.000000354. The van der Waals surface area contributed by atoms with Crippen LogP contribution in [-0.2, 0) is 6.42 Å². The van der Waals surface area contributed by atoms with Crippen LogP contribution in [0.3, 0.4) is 0 Å². The molecule has 3 rings (SSSR count). The third-order valence-corrected chi connectivity index (χ3v) is 5.30. The first-order chi connectivity index (χ1) is 13.9. The van der Waals surface area contributed by atoms with Gasteiger partial charge in [-0.1, -0.05) is 6.92 Å². The molecule has 2 heterocycles. The van der Waals surface area contributed by atoms with Crippen LogP contribution < -0.4 is 10.2 Å². The summed E-state index contributed by atoms with van der Waals surface area (Å²) in [6.45, 7) is 7.07. The number of phenols is 1. The summed E-state index contributed by atoms with van der Waals surface area (Å²) in [5.41, 5.74) is 0.889. The topological polar surface area (TPSA) is 62.9 Å². The summed E-state index contributed by atoms with van der Waals surface area (Å²) in [4.78, 5) is 14.1. The van der Waals surface area contributed by atoms with Gasteiger partial charge in [-0.15, -0.1) is 47.2 Å². The number of benzene rings is 1. The molecule has 0 aliphatic carbocycles. The predicted octanol–water partition coefficient (Wildman–Crippen LogP) is 5.19. The van der Waals surface area contributed by atoms with Crippen LogP contribution in [0.2, 0.25) is 0 Å². The molecule has 0 bridgehead atoms. The van der Waals surface area contributed by atoms with E-state index in [1.165, 1.54) is 6.07 Å². The summed E-state index contributed by atoms with van der Waals surface area (Å²) in [6, 6.07) is 3.12. The number of alkyl halides is 3. The number of aromatic hydroxyl groups is 1. The monoisotopic (exact) mass is 499 g/mol. The Labute approximate surface area is 198 Å². The van der Waals surface area contributed by atoms with E-state index in [9.17, 15) is 9.90 Å². The minimum absolute atomic E-state index is 0. The highest BCUT2D eigenvalue weighted by Crippen LogP contribution is 2.38. The lowest BCUT2D eigenvalue weighted by Gasteiger charge is -2.17. The summed E-state index contributed by atoms with van der Waals surface area (Å²) in [5, 5.41) is 10.6. The smallest absolute Gasteiger partial charge is 0.196 e. The van der Waals surface area contributed by atoms with E-state index >= 15 is 0 Å². The zero-order chi connectivity index (χ0) is 21.4. The average molecular weight is 501 g/mol. The number of phenolic OH excluding ortho intramolecular Hbond substituents is 1. The van der Waals surface area contributed by atoms with Crippen LogP contribution in [-0.4, -0.2) is 53.9 Å². The lowest BCUT2D eigenvalue weighted by atomic mass is 10.00. The molecular formula is C21H29Cl4NO4. The number of hydrogen-bond donors (Lipinski definition) is 1. The van der Waals surface area contributed by atoms with Crippen molar-refractivity contribution in [1.29, 1.82) is 0 Å². The normalized spacial score (nSPS) is 15.5. The number of ether oxygens (including phenoxy) is 1. The molecule has 1 N–H and O–H groups in total. The fourth-order valence-corrected chi connectivity index (χ4v) is 3.93. The minimum Gasteiger partial charge on any atom is -0.507 e. The van der Waals surface area contributed by atoms with E-state index in [1.54, 1.807) is 13.0 Å². The van der Waals surface area contributed by atoms with Gasteiger partial charge in [-0.05, 0) is 25.7 Å². The Bertz CT molecular complexity index is 845. The van der Waals surface area contributed by atoms with Gasteiger partial charge in [-0.3, -0.25) is 9.69 Å². The fourth-order valence-electron chi connectivity index (χ4n) is 3.21. The molecule has 1 unspecified atom stereocenters. The second-order valence-electron chi connectivity index (χ2n) is 7.16. The van der Waals surface area contributed by atoms with Crippen LogP contribution in [0.4, 0.5) is 0 Å². The van der Waals surface area contributed by atoms with Crippen molar-refractivity contribution >= 4 is 58.2 Å². The molecule has 1 aliphatic rings. The zero-order valence-corrected chi connectivity index (χ0v) is 20.3. The van der Waals surface area contributed by atoms with Crippen LogP contribution in [0.25, 0.3) is 11.0 Å². The third-order valence-electron chi connectivity index (χ3n) is 4.79. The Morgan fingerprint density at radius 3 is 2.30 bits per heavy atom. The van der Waals surface area contributed by atoms with Crippen molar-refractivity contribution in [2.75, 3.05) is 43.9 Å². The van der Waals surface area contributed by atoms with Crippen molar-refractivity contribution in [2.45, 2.75) is 26.7 Å². The molecule has 0 fully saturated rings. The maximum Gasteiger partial charge on any atom is 0.196 e. The lowest BCUT2D eigenvalue weighted by Crippen LogP contribution is -2.29. The maximum atomic E-state index is 12.0. The molecule has 1 aromatic carbocycles. The Kier molecular flexibility index (Phi) is 12.3. The van der Waals surface area contributed by atoms with Crippen molar-refractivity contribution in [2.24, 2.45) is 5.92 Å². The molecular weight excluding hydrogens is 472 g/mol. The van der Waals surface area contributed by atoms with Crippen LogP contribution in [0.15, 0.2) is 21.3 Å². The van der Waals surface area contributed by atoms with Crippen molar-refractivity contribution in [3.05, 3.63) is 33.7 Å². The zero-order valence-electron chi connectivity index (χ0n) is 17.3. The van der Waals surface area contributed by atoms with Crippen LogP contribution in [0, 0.1) is 12.8 Å². The summed E-state index contributed by atoms with van der Waals surface area (Å²) in [6.07, 6.45) is 1.65. The van der Waals surface area contributed by atoms with E-state index in [4.69, 9.17) is 44.0 Å². The lowest BCUT2D eigenvalue weighted by molar-refractivity contribution is 0.265. The third kappa shape index (κ3) is 7.38. The van der Waals surface area contributed by atoms with Crippen LogP contribution >= 0.6 is 47.2 Å². The van der Waals surface area contributed by atoms with E-state index in [2.05, 4.69) is 11.8 Å². The van der Waals surface area contributed by atoms with Gasteiger partial charge in [0, 0.05) is 55.0 Å². The highest BCUT2D eigenvalue weighted by Gasteiger charge is 2.21. The van der Waals surface area contributed by atoms with Crippen molar-refractivity contribution < 1.29 is 14.3 Å². The SMILES string of the molecule is Cc1cc(=O)c2c(O)c3c(cc2o1)OCC(C)CC3.Cl.ClCCN(CCCl)CCCl. The van der Waals surface area contributed by atoms with Gasteiger partial charge < -0.3 is 14.3 Å².